The number of nitro groups is 1. The van der Waals surface area contributed by atoms with E-state index in [-0.39, 0.29) is 11.4 Å². The highest BCUT2D eigenvalue weighted by Gasteiger charge is 2.19. The van der Waals surface area contributed by atoms with Gasteiger partial charge >= 0.3 is 5.69 Å². The predicted octanol–water partition coefficient (Wildman–Crippen LogP) is 1.62. The average Bonchev–Trinajstić information content (AvgIpc) is 2.26. The first-order valence-electron chi connectivity index (χ1n) is 4.08. The van der Waals surface area contributed by atoms with Gasteiger partial charge in [0.05, 0.1) is 32.3 Å². The minimum absolute atomic E-state index is 0.137. The fraction of sp³-hybridized carbons (Fsp3) is 0.333. The monoisotopic (exact) mass is 213 g/mol. The Labute approximate surface area is 86.5 Å². The first-order chi connectivity index (χ1) is 7.13. The second-order valence-electron chi connectivity index (χ2n) is 2.64. The molecule has 0 unspecified atom stereocenters. The summed E-state index contributed by atoms with van der Waals surface area (Å²) in [4.78, 5) is 10.1. The van der Waals surface area contributed by atoms with Crippen LogP contribution in [0.1, 0.15) is 0 Å². The van der Waals surface area contributed by atoms with Crippen molar-refractivity contribution in [1.29, 1.82) is 0 Å². The van der Waals surface area contributed by atoms with Gasteiger partial charge < -0.3 is 14.2 Å². The summed E-state index contributed by atoms with van der Waals surface area (Å²) in [5.41, 5.74) is -0.157. The van der Waals surface area contributed by atoms with E-state index in [4.69, 9.17) is 14.2 Å². The molecule has 0 atom stereocenters. The maximum atomic E-state index is 10.7. The third-order valence-electron chi connectivity index (χ3n) is 1.88. The molecule has 0 radical (unpaired) electrons. The number of methoxy groups -OCH3 is 3. The van der Waals surface area contributed by atoms with Gasteiger partial charge in [-0.15, -0.1) is 0 Å². The van der Waals surface area contributed by atoms with Gasteiger partial charge in [-0.2, -0.15) is 0 Å². The molecule has 0 fully saturated rings. The van der Waals surface area contributed by atoms with Gasteiger partial charge in [0.15, 0.2) is 11.5 Å². The van der Waals surface area contributed by atoms with E-state index in [0.717, 1.165) is 0 Å². The molecule has 0 heterocycles. The SMILES string of the molecule is COc1cc(OC)c([N+](=O)[O-])cc1OC. The van der Waals surface area contributed by atoms with E-state index in [9.17, 15) is 10.1 Å². The number of nitro benzene ring substituents is 1. The molecule has 0 aliphatic rings. The molecule has 0 N–H and O–H groups in total. The van der Waals surface area contributed by atoms with Gasteiger partial charge in [-0.25, -0.2) is 0 Å². The minimum atomic E-state index is -0.541. The molecule has 6 heteroatoms. The molecule has 15 heavy (non-hydrogen) atoms. The summed E-state index contributed by atoms with van der Waals surface area (Å²) in [5, 5.41) is 10.7. The van der Waals surface area contributed by atoms with Crippen LogP contribution in [0.15, 0.2) is 12.1 Å². The standard InChI is InChI=1S/C9H11NO5/c1-13-7-5-9(15-3)8(14-2)4-6(7)10(11)12/h4-5H,1-3H3. The van der Waals surface area contributed by atoms with Crippen LogP contribution in [0.4, 0.5) is 5.69 Å². The van der Waals surface area contributed by atoms with Crippen molar-refractivity contribution < 1.29 is 19.1 Å². The molecule has 82 valence electrons. The van der Waals surface area contributed by atoms with Crippen LogP contribution >= 0.6 is 0 Å². The highest BCUT2D eigenvalue weighted by atomic mass is 16.6. The van der Waals surface area contributed by atoms with Crippen LogP contribution in [0.5, 0.6) is 17.2 Å². The predicted molar refractivity (Wildman–Crippen MR) is 52.8 cm³/mol. The minimum Gasteiger partial charge on any atom is -0.493 e. The Kier molecular flexibility index (Phi) is 3.33. The van der Waals surface area contributed by atoms with Crippen LogP contribution in [0, 0.1) is 10.1 Å². The fourth-order valence-corrected chi connectivity index (χ4v) is 1.16. The number of ether oxygens (including phenoxy) is 3. The largest absolute Gasteiger partial charge is 0.493 e. The zero-order chi connectivity index (χ0) is 11.4. The number of rotatable bonds is 4. The second-order valence-corrected chi connectivity index (χ2v) is 2.64. The average molecular weight is 213 g/mol. The lowest BCUT2D eigenvalue weighted by atomic mass is 10.2. The highest BCUT2D eigenvalue weighted by Crippen LogP contribution is 2.38. The van der Waals surface area contributed by atoms with Crippen LogP contribution in [-0.2, 0) is 0 Å². The van der Waals surface area contributed by atoms with Gasteiger partial charge in [-0.1, -0.05) is 0 Å². The number of hydrogen-bond donors (Lipinski definition) is 0. The van der Waals surface area contributed by atoms with Crippen molar-refractivity contribution >= 4 is 5.69 Å². The van der Waals surface area contributed by atoms with E-state index in [1.165, 1.54) is 33.5 Å². The van der Waals surface area contributed by atoms with E-state index in [2.05, 4.69) is 0 Å². The molecule has 0 amide bonds. The van der Waals surface area contributed by atoms with E-state index in [1.807, 2.05) is 0 Å². The van der Waals surface area contributed by atoms with Crippen molar-refractivity contribution in [1.82, 2.24) is 0 Å². The summed E-state index contributed by atoms with van der Waals surface area (Å²) in [5.74, 6) is 0.822. The Hall–Kier alpha value is -1.98. The Morgan fingerprint density at radius 3 is 1.87 bits per heavy atom. The smallest absolute Gasteiger partial charge is 0.314 e. The molecule has 0 saturated heterocycles. The van der Waals surface area contributed by atoms with Crippen molar-refractivity contribution in [2.24, 2.45) is 0 Å². The summed E-state index contributed by atoms with van der Waals surface area (Å²) in [6.07, 6.45) is 0. The quantitative estimate of drug-likeness (QED) is 0.561. The van der Waals surface area contributed by atoms with Gasteiger partial charge in [0.1, 0.15) is 0 Å². The van der Waals surface area contributed by atoms with Crippen LogP contribution < -0.4 is 14.2 Å². The maximum absolute atomic E-state index is 10.7. The third kappa shape index (κ3) is 2.09. The van der Waals surface area contributed by atoms with Crippen LogP contribution in [-0.4, -0.2) is 26.3 Å². The lowest BCUT2D eigenvalue weighted by Crippen LogP contribution is -1.97. The number of benzene rings is 1. The zero-order valence-corrected chi connectivity index (χ0v) is 8.64. The topological polar surface area (TPSA) is 70.8 Å². The maximum Gasteiger partial charge on any atom is 0.314 e. The van der Waals surface area contributed by atoms with Crippen molar-refractivity contribution in [3.05, 3.63) is 22.2 Å². The van der Waals surface area contributed by atoms with E-state index >= 15 is 0 Å². The molecular weight excluding hydrogens is 202 g/mol. The summed E-state index contributed by atoms with van der Waals surface area (Å²) in [6, 6.07) is 2.68. The summed E-state index contributed by atoms with van der Waals surface area (Å²) in [6.45, 7) is 0. The highest BCUT2D eigenvalue weighted by molar-refractivity contribution is 5.58. The zero-order valence-electron chi connectivity index (χ0n) is 8.64. The number of hydrogen-bond acceptors (Lipinski definition) is 5. The van der Waals surface area contributed by atoms with Crippen molar-refractivity contribution in [2.45, 2.75) is 0 Å². The Morgan fingerprint density at radius 2 is 1.47 bits per heavy atom. The third-order valence-corrected chi connectivity index (χ3v) is 1.88. The Morgan fingerprint density at radius 1 is 1.00 bits per heavy atom. The Bertz CT molecular complexity index is 377. The van der Waals surface area contributed by atoms with Crippen molar-refractivity contribution in [3.8, 4) is 17.2 Å². The normalized spacial score (nSPS) is 9.53. The van der Waals surface area contributed by atoms with Gasteiger partial charge in [-0.3, -0.25) is 10.1 Å². The van der Waals surface area contributed by atoms with Gasteiger partial charge in [0.2, 0.25) is 5.75 Å². The number of nitrogens with zero attached hydrogens (tertiary/aromatic N) is 1. The first-order valence-corrected chi connectivity index (χ1v) is 4.08. The molecule has 0 bridgehead atoms. The van der Waals surface area contributed by atoms with Crippen molar-refractivity contribution in [2.75, 3.05) is 21.3 Å². The second kappa shape index (κ2) is 4.50. The van der Waals surface area contributed by atoms with E-state index < -0.39 is 4.92 Å². The summed E-state index contributed by atoms with van der Waals surface area (Å²) >= 11 is 0. The van der Waals surface area contributed by atoms with Gasteiger partial charge in [0, 0.05) is 6.07 Å². The fourth-order valence-electron chi connectivity index (χ4n) is 1.16. The molecule has 6 nitrogen and oxygen atoms in total. The van der Waals surface area contributed by atoms with Gasteiger partial charge in [0.25, 0.3) is 0 Å². The van der Waals surface area contributed by atoms with Crippen molar-refractivity contribution in [3.63, 3.8) is 0 Å². The molecule has 0 aromatic heterocycles. The molecule has 0 spiro atoms. The molecule has 0 aliphatic carbocycles. The first kappa shape index (κ1) is 11.1. The summed E-state index contributed by atoms with van der Waals surface area (Å²) in [7, 11) is 4.21. The lowest BCUT2D eigenvalue weighted by Gasteiger charge is -2.09. The van der Waals surface area contributed by atoms with E-state index in [1.54, 1.807) is 0 Å². The van der Waals surface area contributed by atoms with Gasteiger partial charge in [-0.05, 0) is 0 Å². The Balaban J connectivity index is 3.34. The molecule has 0 saturated carbocycles. The van der Waals surface area contributed by atoms with E-state index in [0.29, 0.717) is 11.5 Å². The van der Waals surface area contributed by atoms with Crippen LogP contribution in [0.3, 0.4) is 0 Å². The molecule has 0 aliphatic heterocycles. The molecular formula is C9H11NO5. The van der Waals surface area contributed by atoms with Crippen LogP contribution in [0.2, 0.25) is 0 Å². The lowest BCUT2D eigenvalue weighted by molar-refractivity contribution is -0.385. The molecule has 1 aromatic rings. The van der Waals surface area contributed by atoms with Crippen LogP contribution in [0.25, 0.3) is 0 Å². The molecule has 1 aromatic carbocycles. The summed E-state index contributed by atoms with van der Waals surface area (Å²) < 4.78 is 14.8. The molecule has 1 rings (SSSR count).